The lowest BCUT2D eigenvalue weighted by molar-refractivity contribution is 0.313. The SMILES string of the molecule is CCC1CCSC(=NCCN(CC)CC)N1. The number of hydrogen-bond acceptors (Lipinski definition) is 3. The highest BCUT2D eigenvalue weighted by atomic mass is 32.2. The van der Waals surface area contributed by atoms with E-state index in [1.165, 1.54) is 18.6 Å². The molecule has 0 saturated carbocycles. The average Bonchev–Trinajstić information content (AvgIpc) is 2.35. The Morgan fingerprint density at radius 3 is 2.75 bits per heavy atom. The normalized spacial score (nSPS) is 23.8. The van der Waals surface area contributed by atoms with Crippen LogP contribution in [-0.2, 0) is 0 Å². The number of hydrogen-bond donors (Lipinski definition) is 1. The summed E-state index contributed by atoms with van der Waals surface area (Å²) in [7, 11) is 0. The van der Waals surface area contributed by atoms with Gasteiger partial charge in [0.15, 0.2) is 5.17 Å². The van der Waals surface area contributed by atoms with Crippen molar-refractivity contribution in [3.8, 4) is 0 Å². The number of nitrogens with zero attached hydrogens (tertiary/aromatic N) is 2. The average molecular weight is 243 g/mol. The van der Waals surface area contributed by atoms with Crippen LogP contribution >= 0.6 is 11.8 Å². The van der Waals surface area contributed by atoms with Crippen LogP contribution in [0.3, 0.4) is 0 Å². The third kappa shape index (κ3) is 4.74. The van der Waals surface area contributed by atoms with Crippen molar-refractivity contribution in [2.45, 2.75) is 39.7 Å². The van der Waals surface area contributed by atoms with Crippen LogP contribution in [0.15, 0.2) is 4.99 Å². The minimum absolute atomic E-state index is 0.647. The first-order valence-corrected chi connectivity index (χ1v) is 7.44. The van der Waals surface area contributed by atoms with E-state index in [0.717, 1.165) is 31.3 Å². The molecule has 0 aromatic heterocycles. The molecule has 4 heteroatoms. The van der Waals surface area contributed by atoms with Crippen molar-refractivity contribution in [3.05, 3.63) is 0 Å². The van der Waals surface area contributed by atoms with Gasteiger partial charge >= 0.3 is 0 Å². The summed E-state index contributed by atoms with van der Waals surface area (Å²) in [4.78, 5) is 7.06. The van der Waals surface area contributed by atoms with E-state index in [1.807, 2.05) is 11.8 Å². The van der Waals surface area contributed by atoms with Gasteiger partial charge < -0.3 is 10.2 Å². The second kappa shape index (κ2) is 7.96. The molecule has 1 heterocycles. The maximum atomic E-state index is 4.64. The Labute approximate surface area is 104 Å². The van der Waals surface area contributed by atoms with Gasteiger partial charge in [0.25, 0.3) is 0 Å². The predicted octanol–water partition coefficient (Wildman–Crippen LogP) is 2.19. The minimum atomic E-state index is 0.647. The van der Waals surface area contributed by atoms with Gasteiger partial charge in [0.1, 0.15) is 0 Å². The number of aliphatic imine (C=N–C) groups is 1. The summed E-state index contributed by atoms with van der Waals surface area (Å²) in [6.45, 7) is 10.9. The molecule has 0 aliphatic carbocycles. The van der Waals surface area contributed by atoms with Gasteiger partial charge in [-0.3, -0.25) is 4.99 Å². The standard InChI is InChI=1S/C12H25N3S/c1-4-11-7-10-16-12(14-11)13-8-9-15(5-2)6-3/h11H,4-10H2,1-3H3,(H,13,14). The number of thioether (sulfide) groups is 1. The van der Waals surface area contributed by atoms with Crippen LogP contribution in [0.4, 0.5) is 0 Å². The van der Waals surface area contributed by atoms with E-state index in [2.05, 4.69) is 36.0 Å². The van der Waals surface area contributed by atoms with Crippen molar-refractivity contribution < 1.29 is 0 Å². The summed E-state index contributed by atoms with van der Waals surface area (Å²) >= 11 is 1.87. The Morgan fingerprint density at radius 1 is 1.38 bits per heavy atom. The predicted molar refractivity (Wildman–Crippen MR) is 74.4 cm³/mol. The van der Waals surface area contributed by atoms with Crippen LogP contribution in [0.5, 0.6) is 0 Å². The van der Waals surface area contributed by atoms with Crippen LogP contribution in [0.1, 0.15) is 33.6 Å². The largest absolute Gasteiger partial charge is 0.362 e. The molecule has 1 unspecified atom stereocenters. The summed E-state index contributed by atoms with van der Waals surface area (Å²) in [5.74, 6) is 1.22. The lowest BCUT2D eigenvalue weighted by atomic mass is 10.2. The molecule has 1 N–H and O–H groups in total. The molecule has 1 fully saturated rings. The van der Waals surface area contributed by atoms with E-state index in [4.69, 9.17) is 0 Å². The van der Waals surface area contributed by atoms with Crippen molar-refractivity contribution in [3.63, 3.8) is 0 Å². The third-order valence-corrected chi connectivity index (χ3v) is 4.05. The summed E-state index contributed by atoms with van der Waals surface area (Å²) < 4.78 is 0. The van der Waals surface area contributed by atoms with E-state index in [0.29, 0.717) is 6.04 Å². The van der Waals surface area contributed by atoms with Gasteiger partial charge in [-0.2, -0.15) is 0 Å². The van der Waals surface area contributed by atoms with Gasteiger partial charge in [-0.15, -0.1) is 0 Å². The number of amidine groups is 1. The number of nitrogens with one attached hydrogen (secondary N) is 1. The second-order valence-corrected chi connectivity index (χ2v) is 5.18. The number of rotatable bonds is 6. The van der Waals surface area contributed by atoms with E-state index < -0.39 is 0 Å². The molecule has 0 bridgehead atoms. The summed E-state index contributed by atoms with van der Waals surface area (Å²) in [6.07, 6.45) is 2.48. The summed E-state index contributed by atoms with van der Waals surface area (Å²) in [6, 6.07) is 0.647. The zero-order chi connectivity index (χ0) is 11.8. The van der Waals surface area contributed by atoms with E-state index in [9.17, 15) is 0 Å². The quantitative estimate of drug-likeness (QED) is 0.775. The zero-order valence-electron chi connectivity index (χ0n) is 10.8. The van der Waals surface area contributed by atoms with Gasteiger partial charge in [0.2, 0.25) is 0 Å². The van der Waals surface area contributed by atoms with Crippen molar-refractivity contribution in [1.29, 1.82) is 0 Å². The Bertz CT molecular complexity index is 214. The Balaban J connectivity index is 2.27. The van der Waals surface area contributed by atoms with Crippen LogP contribution in [0.25, 0.3) is 0 Å². The lowest BCUT2D eigenvalue weighted by Gasteiger charge is -2.24. The molecule has 0 radical (unpaired) electrons. The molecule has 1 aliphatic heterocycles. The molecule has 94 valence electrons. The summed E-state index contributed by atoms with van der Waals surface area (Å²) in [5, 5.41) is 4.66. The second-order valence-electron chi connectivity index (χ2n) is 4.10. The molecule has 0 spiro atoms. The van der Waals surface area contributed by atoms with Crippen LogP contribution in [-0.4, -0.2) is 48.0 Å². The fourth-order valence-corrected chi connectivity index (χ4v) is 2.84. The Hall–Kier alpha value is -0.220. The van der Waals surface area contributed by atoms with Crippen molar-refractivity contribution in [2.75, 3.05) is 31.9 Å². The maximum Gasteiger partial charge on any atom is 0.156 e. The molecule has 1 saturated heterocycles. The molecule has 1 aliphatic rings. The first kappa shape index (κ1) is 13.8. The maximum absolute atomic E-state index is 4.64. The molecular weight excluding hydrogens is 218 g/mol. The van der Waals surface area contributed by atoms with Crippen molar-refractivity contribution >= 4 is 16.9 Å². The molecular formula is C12H25N3S. The highest BCUT2D eigenvalue weighted by Gasteiger charge is 2.15. The van der Waals surface area contributed by atoms with E-state index >= 15 is 0 Å². The fourth-order valence-electron chi connectivity index (χ4n) is 1.82. The van der Waals surface area contributed by atoms with Gasteiger partial charge in [-0.25, -0.2) is 0 Å². The molecule has 0 amide bonds. The Kier molecular flexibility index (Phi) is 6.88. The first-order valence-electron chi connectivity index (χ1n) is 6.46. The van der Waals surface area contributed by atoms with Gasteiger partial charge in [-0.05, 0) is 25.9 Å². The van der Waals surface area contributed by atoms with Crippen LogP contribution < -0.4 is 5.32 Å². The highest BCUT2D eigenvalue weighted by Crippen LogP contribution is 2.15. The third-order valence-electron chi connectivity index (χ3n) is 3.09. The van der Waals surface area contributed by atoms with Crippen LogP contribution in [0, 0.1) is 0 Å². The highest BCUT2D eigenvalue weighted by molar-refractivity contribution is 8.13. The first-order chi connectivity index (χ1) is 7.80. The van der Waals surface area contributed by atoms with E-state index in [-0.39, 0.29) is 0 Å². The van der Waals surface area contributed by atoms with Gasteiger partial charge in [0, 0.05) is 18.3 Å². The fraction of sp³-hybridized carbons (Fsp3) is 0.917. The minimum Gasteiger partial charge on any atom is -0.362 e. The zero-order valence-corrected chi connectivity index (χ0v) is 11.6. The molecule has 1 atom stereocenters. The lowest BCUT2D eigenvalue weighted by Crippen LogP contribution is -2.37. The Morgan fingerprint density at radius 2 is 2.12 bits per heavy atom. The molecule has 0 aromatic rings. The molecule has 3 nitrogen and oxygen atoms in total. The van der Waals surface area contributed by atoms with E-state index in [1.54, 1.807) is 0 Å². The van der Waals surface area contributed by atoms with Crippen LogP contribution in [0.2, 0.25) is 0 Å². The summed E-state index contributed by atoms with van der Waals surface area (Å²) in [5.41, 5.74) is 0. The number of likely N-dealkylation sites (N-methyl/N-ethyl adjacent to an activating group) is 1. The molecule has 1 rings (SSSR count). The van der Waals surface area contributed by atoms with Crippen molar-refractivity contribution in [2.24, 2.45) is 4.99 Å². The smallest absolute Gasteiger partial charge is 0.156 e. The molecule has 0 aromatic carbocycles. The van der Waals surface area contributed by atoms with Gasteiger partial charge in [0.05, 0.1) is 6.54 Å². The molecule has 16 heavy (non-hydrogen) atoms. The monoisotopic (exact) mass is 243 g/mol. The topological polar surface area (TPSA) is 27.6 Å². The van der Waals surface area contributed by atoms with Crippen molar-refractivity contribution in [1.82, 2.24) is 10.2 Å². The van der Waals surface area contributed by atoms with Gasteiger partial charge in [-0.1, -0.05) is 32.5 Å².